The van der Waals surface area contributed by atoms with Crippen molar-refractivity contribution in [3.63, 3.8) is 0 Å². The first kappa shape index (κ1) is 14.6. The van der Waals surface area contributed by atoms with E-state index in [4.69, 9.17) is 15.3 Å². The lowest BCUT2D eigenvalue weighted by atomic mass is 10.3. The van der Waals surface area contributed by atoms with E-state index < -0.39 is 0 Å². The fraction of sp³-hybridized carbons (Fsp3) is 0.308. The molecule has 0 aromatic carbocycles. The Bertz CT molecular complexity index is 678. The van der Waals surface area contributed by atoms with Gasteiger partial charge >= 0.3 is 0 Å². The van der Waals surface area contributed by atoms with Crippen molar-refractivity contribution < 1.29 is 4.74 Å². The summed E-state index contributed by atoms with van der Waals surface area (Å²) in [5.74, 6) is 0.307. The van der Waals surface area contributed by atoms with Gasteiger partial charge in [0.25, 0.3) is 0 Å². The van der Waals surface area contributed by atoms with Gasteiger partial charge in [-0.15, -0.1) is 0 Å². The normalized spacial score (nSPS) is 10.0. The zero-order valence-electron chi connectivity index (χ0n) is 11.4. The van der Waals surface area contributed by atoms with Crippen LogP contribution in [-0.4, -0.2) is 39.8 Å². The van der Waals surface area contributed by atoms with Gasteiger partial charge < -0.3 is 10.1 Å². The van der Waals surface area contributed by atoms with Gasteiger partial charge in [0.05, 0.1) is 6.61 Å². The van der Waals surface area contributed by atoms with Crippen LogP contribution in [0.2, 0.25) is 0 Å². The van der Waals surface area contributed by atoms with Crippen LogP contribution in [0.3, 0.4) is 0 Å². The van der Waals surface area contributed by atoms with Gasteiger partial charge in [-0.1, -0.05) is 0 Å². The summed E-state index contributed by atoms with van der Waals surface area (Å²) in [7, 11) is 1.65. The number of hydrogen-bond donors (Lipinski definition) is 1. The zero-order valence-corrected chi connectivity index (χ0v) is 11.4. The quantitative estimate of drug-likeness (QED) is 0.750. The standard InChI is InChI=1S/C13H13N7O/c1-21-3-2-16-6-10-7-17-13(18-8-10)20-9-19-11(4-14)12(20)5-15/h7-9,16H,2-3,6H2,1H3. The van der Waals surface area contributed by atoms with Gasteiger partial charge in [0.1, 0.15) is 18.5 Å². The van der Waals surface area contributed by atoms with Crippen molar-refractivity contribution in [2.45, 2.75) is 6.54 Å². The van der Waals surface area contributed by atoms with Gasteiger partial charge in [0, 0.05) is 38.2 Å². The molecule has 0 spiro atoms. The summed E-state index contributed by atoms with van der Waals surface area (Å²) >= 11 is 0. The predicted octanol–water partition coefficient (Wildman–Crippen LogP) is 0.142. The Hall–Kier alpha value is -2.81. The summed E-state index contributed by atoms with van der Waals surface area (Å²) in [5, 5.41) is 21.1. The molecule has 0 unspecified atom stereocenters. The Morgan fingerprint density at radius 1 is 1.24 bits per heavy atom. The highest BCUT2D eigenvalue weighted by molar-refractivity contribution is 5.39. The highest BCUT2D eigenvalue weighted by Crippen LogP contribution is 2.10. The van der Waals surface area contributed by atoms with Crippen LogP contribution >= 0.6 is 0 Å². The smallest absolute Gasteiger partial charge is 0.235 e. The molecule has 0 radical (unpaired) electrons. The highest BCUT2D eigenvalue weighted by atomic mass is 16.5. The van der Waals surface area contributed by atoms with Gasteiger partial charge in [0.2, 0.25) is 5.95 Å². The minimum atomic E-state index is 0.0615. The second-order valence-corrected chi connectivity index (χ2v) is 4.10. The van der Waals surface area contributed by atoms with Crippen LogP contribution < -0.4 is 5.32 Å². The third kappa shape index (κ3) is 3.39. The molecule has 0 bridgehead atoms. The summed E-state index contributed by atoms with van der Waals surface area (Å²) in [5.41, 5.74) is 1.10. The molecule has 2 heterocycles. The first-order chi connectivity index (χ1) is 10.3. The fourth-order valence-electron chi connectivity index (χ4n) is 1.66. The number of rotatable bonds is 6. The lowest BCUT2D eigenvalue weighted by Crippen LogP contribution is -2.19. The molecular formula is C13H13N7O. The lowest BCUT2D eigenvalue weighted by molar-refractivity contribution is 0.199. The number of nitriles is 2. The Kier molecular flexibility index (Phi) is 4.94. The Balaban J connectivity index is 2.11. The highest BCUT2D eigenvalue weighted by Gasteiger charge is 2.13. The number of ether oxygens (including phenoxy) is 1. The maximum atomic E-state index is 9.06. The SMILES string of the molecule is COCCNCc1cnc(-n2cnc(C#N)c2C#N)nc1. The van der Waals surface area contributed by atoms with Crippen molar-refractivity contribution >= 4 is 0 Å². The first-order valence-electron chi connectivity index (χ1n) is 6.18. The molecule has 0 aliphatic carbocycles. The Morgan fingerprint density at radius 2 is 2.00 bits per heavy atom. The molecule has 2 aromatic heterocycles. The number of nitrogens with one attached hydrogen (secondary N) is 1. The van der Waals surface area contributed by atoms with E-state index in [0.29, 0.717) is 19.1 Å². The molecule has 0 aliphatic heterocycles. The number of aromatic nitrogens is 4. The van der Waals surface area contributed by atoms with E-state index in [1.807, 2.05) is 12.1 Å². The third-order valence-electron chi connectivity index (χ3n) is 2.70. The van der Waals surface area contributed by atoms with Gasteiger partial charge in [0.15, 0.2) is 11.4 Å². The van der Waals surface area contributed by atoms with Crippen molar-refractivity contribution in [1.82, 2.24) is 24.8 Å². The minimum Gasteiger partial charge on any atom is -0.383 e. The Labute approximate surface area is 121 Å². The van der Waals surface area contributed by atoms with Crippen molar-refractivity contribution in [3.8, 4) is 18.1 Å². The third-order valence-corrected chi connectivity index (χ3v) is 2.70. The molecule has 2 rings (SSSR count). The van der Waals surface area contributed by atoms with Crippen molar-refractivity contribution in [1.29, 1.82) is 10.5 Å². The maximum absolute atomic E-state index is 9.06. The van der Waals surface area contributed by atoms with Gasteiger partial charge in [-0.05, 0) is 0 Å². The first-order valence-corrected chi connectivity index (χ1v) is 6.18. The van der Waals surface area contributed by atoms with E-state index in [1.165, 1.54) is 10.9 Å². The average Bonchev–Trinajstić information content (AvgIpc) is 2.95. The van der Waals surface area contributed by atoms with Crippen LogP contribution in [0.15, 0.2) is 18.7 Å². The van der Waals surface area contributed by atoms with Crippen LogP contribution in [0.25, 0.3) is 5.95 Å². The van der Waals surface area contributed by atoms with E-state index >= 15 is 0 Å². The molecule has 0 atom stereocenters. The van der Waals surface area contributed by atoms with E-state index in [9.17, 15) is 0 Å². The molecule has 2 aromatic rings. The molecule has 0 aliphatic rings. The summed E-state index contributed by atoms with van der Waals surface area (Å²) in [4.78, 5) is 12.2. The molecular weight excluding hydrogens is 270 g/mol. The molecule has 0 saturated carbocycles. The molecule has 106 valence electrons. The maximum Gasteiger partial charge on any atom is 0.235 e. The van der Waals surface area contributed by atoms with Crippen LogP contribution in [-0.2, 0) is 11.3 Å². The van der Waals surface area contributed by atoms with Crippen molar-refractivity contribution in [3.05, 3.63) is 35.7 Å². The number of imidazole rings is 1. The van der Waals surface area contributed by atoms with Crippen LogP contribution in [0.1, 0.15) is 17.0 Å². The summed E-state index contributed by atoms with van der Waals surface area (Å²) in [6.45, 7) is 2.00. The molecule has 1 N–H and O–H groups in total. The zero-order chi connectivity index (χ0) is 15.1. The summed E-state index contributed by atoms with van der Waals surface area (Å²) < 4.78 is 6.32. The second-order valence-electron chi connectivity index (χ2n) is 4.10. The fourth-order valence-corrected chi connectivity index (χ4v) is 1.66. The number of hydrogen-bond acceptors (Lipinski definition) is 7. The lowest BCUT2D eigenvalue weighted by Gasteiger charge is -2.05. The van der Waals surface area contributed by atoms with Gasteiger partial charge in [-0.25, -0.2) is 15.0 Å². The van der Waals surface area contributed by atoms with E-state index in [0.717, 1.165) is 12.1 Å². The van der Waals surface area contributed by atoms with Gasteiger partial charge in [-0.2, -0.15) is 10.5 Å². The van der Waals surface area contributed by atoms with E-state index in [1.54, 1.807) is 19.5 Å². The van der Waals surface area contributed by atoms with Crippen LogP contribution in [0.5, 0.6) is 0 Å². The van der Waals surface area contributed by atoms with Gasteiger partial charge in [-0.3, -0.25) is 4.57 Å². The average molecular weight is 283 g/mol. The summed E-state index contributed by atoms with van der Waals surface area (Å²) in [6.07, 6.45) is 4.69. The van der Waals surface area contributed by atoms with Crippen molar-refractivity contribution in [2.75, 3.05) is 20.3 Å². The van der Waals surface area contributed by atoms with E-state index in [2.05, 4.69) is 20.3 Å². The molecule has 8 nitrogen and oxygen atoms in total. The van der Waals surface area contributed by atoms with Crippen LogP contribution in [0, 0.1) is 22.7 Å². The second kappa shape index (κ2) is 7.10. The Morgan fingerprint density at radius 3 is 2.62 bits per heavy atom. The summed E-state index contributed by atoms with van der Waals surface area (Å²) in [6, 6.07) is 3.78. The minimum absolute atomic E-state index is 0.0615. The van der Waals surface area contributed by atoms with Crippen molar-refractivity contribution in [2.24, 2.45) is 0 Å². The van der Waals surface area contributed by atoms with E-state index in [-0.39, 0.29) is 11.4 Å². The largest absolute Gasteiger partial charge is 0.383 e. The molecule has 0 saturated heterocycles. The number of nitrogens with zero attached hydrogens (tertiary/aromatic N) is 6. The topological polar surface area (TPSA) is 112 Å². The molecule has 8 heteroatoms. The number of methoxy groups -OCH3 is 1. The molecule has 0 fully saturated rings. The molecule has 21 heavy (non-hydrogen) atoms. The molecule has 0 amide bonds. The monoisotopic (exact) mass is 283 g/mol. The van der Waals surface area contributed by atoms with Crippen LogP contribution in [0.4, 0.5) is 0 Å². The predicted molar refractivity (Wildman–Crippen MR) is 72.2 cm³/mol.